The second-order valence-corrected chi connectivity index (χ2v) is 9.34. The number of alkyl halides is 3. The van der Waals surface area contributed by atoms with Crippen molar-refractivity contribution in [3.05, 3.63) is 45.7 Å². The van der Waals surface area contributed by atoms with E-state index in [2.05, 4.69) is 20.6 Å². The summed E-state index contributed by atoms with van der Waals surface area (Å²) in [6.45, 7) is 1.78. The van der Waals surface area contributed by atoms with Crippen molar-refractivity contribution < 1.29 is 26.7 Å². The van der Waals surface area contributed by atoms with Gasteiger partial charge in [-0.25, -0.2) is 13.8 Å². The Morgan fingerprint density at radius 3 is 2.64 bits per heavy atom. The van der Waals surface area contributed by atoms with Gasteiger partial charge in [-0.2, -0.15) is 13.2 Å². The van der Waals surface area contributed by atoms with Crippen LogP contribution in [0.1, 0.15) is 52.1 Å². The molecule has 12 heteroatoms. The summed E-state index contributed by atoms with van der Waals surface area (Å²) in [5, 5.41) is 5.96. The van der Waals surface area contributed by atoms with Crippen molar-refractivity contribution in [2.75, 3.05) is 19.6 Å². The van der Waals surface area contributed by atoms with Gasteiger partial charge in [-0.05, 0) is 45.3 Å². The van der Waals surface area contributed by atoms with Crippen LogP contribution in [0.25, 0.3) is 0 Å². The number of thiazole rings is 1. The van der Waals surface area contributed by atoms with Gasteiger partial charge in [0.2, 0.25) is 0 Å². The number of hydrogen-bond donors (Lipinski definition) is 2. The molecule has 4 rings (SSSR count). The van der Waals surface area contributed by atoms with Crippen LogP contribution in [0.15, 0.2) is 18.5 Å². The van der Waals surface area contributed by atoms with Crippen LogP contribution in [0.3, 0.4) is 0 Å². The summed E-state index contributed by atoms with van der Waals surface area (Å²) in [5.74, 6) is -3.88. The number of carbonyl (C=O) groups is 1. The molecule has 2 aromatic heterocycles. The van der Waals surface area contributed by atoms with Crippen molar-refractivity contribution in [3.8, 4) is 0 Å². The molecular formula is C21H24F5N5OS. The zero-order valence-electron chi connectivity index (χ0n) is 17.7. The van der Waals surface area contributed by atoms with Gasteiger partial charge >= 0.3 is 6.18 Å². The fraction of sp³-hybridized carbons (Fsp3) is 0.571. The number of likely N-dealkylation sites (tertiary alicyclic amines) is 1. The summed E-state index contributed by atoms with van der Waals surface area (Å²) in [7, 11) is 0. The van der Waals surface area contributed by atoms with E-state index in [9.17, 15) is 26.7 Å². The summed E-state index contributed by atoms with van der Waals surface area (Å²) in [5.41, 5.74) is -0.143. The molecule has 4 heterocycles. The molecule has 2 N–H and O–H groups in total. The number of aromatic nitrogens is 2. The highest BCUT2D eigenvalue weighted by Gasteiger charge is 2.51. The van der Waals surface area contributed by atoms with Crippen LogP contribution in [-0.2, 0) is 6.54 Å². The molecule has 0 spiro atoms. The Hall–Kier alpha value is -2.18. The van der Waals surface area contributed by atoms with Crippen molar-refractivity contribution >= 4 is 17.2 Å². The molecule has 2 aliphatic heterocycles. The number of amides is 1. The highest BCUT2D eigenvalue weighted by Crippen LogP contribution is 2.47. The molecule has 33 heavy (non-hydrogen) atoms. The monoisotopic (exact) mass is 489 g/mol. The molecule has 0 aliphatic carbocycles. The molecule has 2 aromatic rings. The summed E-state index contributed by atoms with van der Waals surface area (Å²) in [4.78, 5) is 22.4. The van der Waals surface area contributed by atoms with E-state index in [1.165, 1.54) is 6.20 Å². The smallest absolute Gasteiger partial charge is 0.346 e. The number of hydrogen-bond acceptors (Lipinski definition) is 6. The van der Waals surface area contributed by atoms with Crippen LogP contribution in [0, 0.1) is 17.6 Å². The minimum absolute atomic E-state index is 0.0201. The topological polar surface area (TPSA) is 70.2 Å². The van der Waals surface area contributed by atoms with Gasteiger partial charge in [0.25, 0.3) is 5.91 Å². The largest absolute Gasteiger partial charge is 0.393 e. The van der Waals surface area contributed by atoms with Crippen molar-refractivity contribution in [2.45, 2.75) is 50.5 Å². The van der Waals surface area contributed by atoms with Gasteiger partial charge in [0.15, 0.2) is 0 Å². The van der Waals surface area contributed by atoms with Gasteiger partial charge in [-0.15, -0.1) is 11.3 Å². The Morgan fingerprint density at radius 2 is 1.94 bits per heavy atom. The van der Waals surface area contributed by atoms with Crippen molar-refractivity contribution in [3.63, 3.8) is 0 Å². The first-order chi connectivity index (χ1) is 15.7. The maximum atomic E-state index is 13.9. The predicted octanol–water partition coefficient (Wildman–Crippen LogP) is 3.81. The Kier molecular flexibility index (Phi) is 7.25. The Balaban J connectivity index is 1.53. The normalized spacial score (nSPS) is 22.9. The van der Waals surface area contributed by atoms with Gasteiger partial charge < -0.3 is 10.6 Å². The fourth-order valence-corrected chi connectivity index (χ4v) is 5.60. The summed E-state index contributed by atoms with van der Waals surface area (Å²) < 4.78 is 68.6. The molecule has 180 valence electrons. The van der Waals surface area contributed by atoms with Gasteiger partial charge in [0.05, 0.1) is 36.6 Å². The van der Waals surface area contributed by atoms with E-state index in [-0.39, 0.29) is 34.6 Å². The van der Waals surface area contributed by atoms with Crippen LogP contribution in [0.4, 0.5) is 22.0 Å². The lowest BCUT2D eigenvalue weighted by Gasteiger charge is -2.46. The maximum Gasteiger partial charge on any atom is 0.393 e. The molecule has 1 amide bonds. The minimum atomic E-state index is -4.38. The van der Waals surface area contributed by atoms with Crippen LogP contribution in [0.2, 0.25) is 0 Å². The van der Waals surface area contributed by atoms with Crippen LogP contribution in [0.5, 0.6) is 0 Å². The summed E-state index contributed by atoms with van der Waals surface area (Å²) >= 11 is 0.922. The van der Waals surface area contributed by atoms with Gasteiger partial charge in [0.1, 0.15) is 21.5 Å². The van der Waals surface area contributed by atoms with Crippen LogP contribution >= 0.6 is 11.3 Å². The third-order valence-corrected chi connectivity index (χ3v) is 7.24. The van der Waals surface area contributed by atoms with Gasteiger partial charge in [0, 0.05) is 12.1 Å². The molecule has 2 saturated heterocycles. The Morgan fingerprint density at radius 1 is 1.18 bits per heavy atom. The molecule has 0 aromatic carbocycles. The molecule has 2 atom stereocenters. The second kappa shape index (κ2) is 9.98. The zero-order chi connectivity index (χ0) is 23.6. The first kappa shape index (κ1) is 24.0. The van der Waals surface area contributed by atoms with Crippen LogP contribution < -0.4 is 10.6 Å². The average Bonchev–Trinajstić information content (AvgIpc) is 3.28. The molecule has 2 unspecified atom stereocenters. The average molecular weight is 490 g/mol. The van der Waals surface area contributed by atoms with E-state index in [0.29, 0.717) is 19.0 Å². The number of pyridine rings is 1. The lowest BCUT2D eigenvalue weighted by molar-refractivity contribution is -0.206. The van der Waals surface area contributed by atoms with Gasteiger partial charge in [-0.1, -0.05) is 0 Å². The van der Waals surface area contributed by atoms with E-state index in [0.717, 1.165) is 43.5 Å². The maximum absolute atomic E-state index is 13.9. The third kappa shape index (κ3) is 5.49. The number of nitrogens with one attached hydrogen (secondary N) is 2. The number of piperidine rings is 2. The second-order valence-electron chi connectivity index (χ2n) is 8.28. The lowest BCUT2D eigenvalue weighted by Crippen LogP contribution is -2.51. The van der Waals surface area contributed by atoms with Gasteiger partial charge in [-0.3, -0.25) is 14.7 Å². The molecule has 0 saturated carbocycles. The number of halogens is 5. The van der Waals surface area contributed by atoms with Crippen LogP contribution in [-0.4, -0.2) is 52.6 Å². The van der Waals surface area contributed by atoms with E-state index in [4.69, 9.17) is 0 Å². The van der Waals surface area contributed by atoms with Crippen molar-refractivity contribution in [1.29, 1.82) is 0 Å². The molecular weight excluding hydrogens is 465 g/mol. The molecule has 6 nitrogen and oxygen atoms in total. The summed E-state index contributed by atoms with van der Waals surface area (Å²) in [6.07, 6.45) is -0.286. The predicted molar refractivity (Wildman–Crippen MR) is 112 cm³/mol. The fourth-order valence-electron chi connectivity index (χ4n) is 4.58. The number of nitrogens with zero attached hydrogens (tertiary/aromatic N) is 3. The standard InChI is InChI=1S/C21H24F5N5OS/c22-12-8-15(23)16(28-9-12)10-29-19(32)17-11-30-20(33-17)18-14(21(24,25)26)2-1-7-31(18)13-3-5-27-6-4-13/h8-9,11,13-14,18,27H,1-7,10H2,(H,29,32). The van der Waals surface area contributed by atoms with E-state index >= 15 is 0 Å². The molecule has 0 radical (unpaired) electrons. The first-order valence-corrected chi connectivity index (χ1v) is 11.6. The van der Waals surface area contributed by atoms with E-state index < -0.39 is 35.7 Å². The highest BCUT2D eigenvalue weighted by atomic mass is 32.1. The number of carbonyl (C=O) groups excluding carboxylic acids is 1. The number of rotatable bonds is 5. The molecule has 2 fully saturated rings. The third-order valence-electron chi connectivity index (χ3n) is 6.17. The Bertz CT molecular complexity index is 978. The SMILES string of the molecule is O=C(NCc1ncc(F)cc1F)c1cnc(C2C(C(F)(F)F)CCCN2C2CCNCC2)s1. The van der Waals surface area contributed by atoms with Crippen molar-refractivity contribution in [2.24, 2.45) is 5.92 Å². The van der Waals surface area contributed by atoms with E-state index in [1.807, 2.05) is 4.90 Å². The van der Waals surface area contributed by atoms with Crippen molar-refractivity contribution in [1.82, 2.24) is 25.5 Å². The molecule has 2 aliphatic rings. The quantitative estimate of drug-likeness (QED) is 0.626. The van der Waals surface area contributed by atoms with E-state index in [1.54, 1.807) is 0 Å². The molecule has 0 bridgehead atoms. The first-order valence-electron chi connectivity index (χ1n) is 10.8. The summed E-state index contributed by atoms with van der Waals surface area (Å²) in [6, 6.07) is -0.255. The zero-order valence-corrected chi connectivity index (χ0v) is 18.5. The highest BCUT2D eigenvalue weighted by molar-refractivity contribution is 7.13. The Labute approximate surface area is 191 Å². The minimum Gasteiger partial charge on any atom is -0.346 e. The lowest BCUT2D eigenvalue weighted by atomic mass is 9.86.